The highest BCUT2D eigenvalue weighted by Crippen LogP contribution is 2.22. The Morgan fingerprint density at radius 3 is 2.56 bits per heavy atom. The van der Waals surface area contributed by atoms with Gasteiger partial charge in [-0.25, -0.2) is 9.37 Å². The van der Waals surface area contributed by atoms with Crippen molar-refractivity contribution in [2.45, 2.75) is 5.16 Å². The molecular weight excluding hydrogens is 365 g/mol. The van der Waals surface area contributed by atoms with Crippen molar-refractivity contribution in [2.75, 3.05) is 26.5 Å². The van der Waals surface area contributed by atoms with E-state index in [-0.39, 0.29) is 11.7 Å². The maximum absolute atomic E-state index is 12.9. The van der Waals surface area contributed by atoms with Crippen LogP contribution in [0.4, 0.5) is 4.39 Å². The molecule has 7 heteroatoms. The highest BCUT2D eigenvalue weighted by molar-refractivity contribution is 7.98. The number of hydrogen-bond donors (Lipinski definition) is 0. The van der Waals surface area contributed by atoms with Crippen LogP contribution in [0.2, 0.25) is 0 Å². The lowest BCUT2D eigenvalue weighted by atomic mass is 10.3. The molecule has 140 valence electrons. The lowest BCUT2D eigenvalue weighted by molar-refractivity contribution is 0.0765. The van der Waals surface area contributed by atoms with Crippen LogP contribution in [-0.2, 0) is 0 Å². The van der Waals surface area contributed by atoms with E-state index in [9.17, 15) is 9.18 Å². The van der Waals surface area contributed by atoms with E-state index in [2.05, 4.69) is 4.98 Å². The molecule has 0 radical (unpaired) electrons. The molecule has 2 aromatic carbocycles. The van der Waals surface area contributed by atoms with Crippen LogP contribution in [0, 0.1) is 5.82 Å². The summed E-state index contributed by atoms with van der Waals surface area (Å²) in [7, 11) is 1.72. The Bertz CT molecular complexity index is 897. The van der Waals surface area contributed by atoms with Crippen LogP contribution in [0.1, 0.15) is 10.5 Å². The molecule has 0 saturated heterocycles. The fraction of sp³-hybridized carbons (Fsp3) is 0.200. The number of carbonyl (C=O) groups is 1. The first-order chi connectivity index (χ1) is 13.1. The van der Waals surface area contributed by atoms with Crippen molar-refractivity contribution in [3.63, 3.8) is 0 Å². The predicted molar refractivity (Wildman–Crippen MR) is 104 cm³/mol. The van der Waals surface area contributed by atoms with E-state index in [4.69, 9.17) is 4.74 Å². The number of nitrogens with zero attached hydrogens (tertiary/aromatic N) is 3. The number of benzene rings is 2. The highest BCUT2D eigenvalue weighted by Gasteiger charge is 2.20. The number of halogens is 1. The van der Waals surface area contributed by atoms with Crippen molar-refractivity contribution in [3.8, 4) is 11.4 Å². The maximum atomic E-state index is 12.9. The van der Waals surface area contributed by atoms with E-state index in [0.29, 0.717) is 24.6 Å². The minimum atomic E-state index is -0.312. The Kier molecular flexibility index (Phi) is 6.13. The molecule has 0 aliphatic heterocycles. The summed E-state index contributed by atoms with van der Waals surface area (Å²) in [5.74, 6) is 0.110. The van der Waals surface area contributed by atoms with E-state index < -0.39 is 0 Å². The van der Waals surface area contributed by atoms with Crippen LogP contribution in [0.15, 0.2) is 66.0 Å². The van der Waals surface area contributed by atoms with Crippen LogP contribution < -0.4 is 4.74 Å². The van der Waals surface area contributed by atoms with Gasteiger partial charge in [0.25, 0.3) is 5.91 Å². The molecule has 3 aromatic rings. The van der Waals surface area contributed by atoms with Gasteiger partial charge in [-0.1, -0.05) is 30.0 Å². The third kappa shape index (κ3) is 4.49. The molecule has 0 spiro atoms. The summed E-state index contributed by atoms with van der Waals surface area (Å²) >= 11 is 1.48. The summed E-state index contributed by atoms with van der Waals surface area (Å²) in [5.41, 5.74) is 1.38. The fourth-order valence-corrected chi connectivity index (χ4v) is 3.13. The molecule has 0 bridgehead atoms. The van der Waals surface area contributed by atoms with Gasteiger partial charge in [0.05, 0.1) is 12.7 Å². The smallest absolute Gasteiger partial charge is 0.272 e. The van der Waals surface area contributed by atoms with Crippen molar-refractivity contribution in [1.82, 2.24) is 14.5 Å². The zero-order valence-electron chi connectivity index (χ0n) is 15.1. The average molecular weight is 385 g/mol. The van der Waals surface area contributed by atoms with E-state index in [1.807, 2.05) is 41.2 Å². The summed E-state index contributed by atoms with van der Waals surface area (Å²) in [5, 5.41) is 0.750. The number of ether oxygens (including phenoxy) is 1. The van der Waals surface area contributed by atoms with Crippen LogP contribution >= 0.6 is 11.8 Å². The Labute approximate surface area is 161 Å². The van der Waals surface area contributed by atoms with Crippen LogP contribution in [0.25, 0.3) is 5.69 Å². The van der Waals surface area contributed by atoms with Gasteiger partial charge in [-0.15, -0.1) is 0 Å². The Morgan fingerprint density at radius 2 is 1.89 bits per heavy atom. The lowest BCUT2D eigenvalue weighted by Gasteiger charge is -2.19. The Morgan fingerprint density at radius 1 is 1.19 bits per heavy atom. The van der Waals surface area contributed by atoms with Gasteiger partial charge in [-0.3, -0.25) is 9.36 Å². The van der Waals surface area contributed by atoms with E-state index >= 15 is 0 Å². The van der Waals surface area contributed by atoms with E-state index in [0.717, 1.165) is 10.8 Å². The van der Waals surface area contributed by atoms with Crippen LogP contribution in [0.5, 0.6) is 5.75 Å². The van der Waals surface area contributed by atoms with Gasteiger partial charge in [0.2, 0.25) is 0 Å². The minimum absolute atomic E-state index is 0.144. The number of thioether (sulfide) groups is 1. The molecule has 0 atom stereocenters. The topological polar surface area (TPSA) is 47.4 Å². The maximum Gasteiger partial charge on any atom is 0.272 e. The van der Waals surface area contributed by atoms with E-state index in [1.165, 1.54) is 23.9 Å². The highest BCUT2D eigenvalue weighted by atomic mass is 32.2. The van der Waals surface area contributed by atoms with Crippen molar-refractivity contribution in [3.05, 3.63) is 72.3 Å². The zero-order valence-corrected chi connectivity index (χ0v) is 15.9. The first kappa shape index (κ1) is 19.0. The zero-order chi connectivity index (χ0) is 19.2. The molecule has 0 saturated carbocycles. The molecule has 1 heterocycles. The van der Waals surface area contributed by atoms with Crippen molar-refractivity contribution in [2.24, 2.45) is 0 Å². The summed E-state index contributed by atoms with van der Waals surface area (Å²) in [6.07, 6.45) is 3.52. The second kappa shape index (κ2) is 8.73. The van der Waals surface area contributed by atoms with Gasteiger partial charge >= 0.3 is 0 Å². The normalized spacial score (nSPS) is 10.6. The first-order valence-corrected chi connectivity index (χ1v) is 9.63. The average Bonchev–Trinajstić information content (AvgIpc) is 3.13. The van der Waals surface area contributed by atoms with Gasteiger partial charge in [0, 0.05) is 12.7 Å². The number of carbonyl (C=O) groups excluding carboxylic acids is 1. The summed E-state index contributed by atoms with van der Waals surface area (Å²) in [6, 6.07) is 15.5. The summed E-state index contributed by atoms with van der Waals surface area (Å²) < 4.78 is 20.3. The number of imidazole rings is 1. The van der Waals surface area contributed by atoms with Crippen molar-refractivity contribution < 1.29 is 13.9 Å². The third-order valence-corrected chi connectivity index (χ3v) is 4.65. The molecule has 3 rings (SSSR count). The number of aromatic nitrogens is 2. The van der Waals surface area contributed by atoms with Crippen LogP contribution in [0.3, 0.4) is 0 Å². The number of likely N-dealkylation sites (N-methyl/N-ethyl adjacent to an activating group) is 1. The lowest BCUT2D eigenvalue weighted by Crippen LogP contribution is -2.32. The SMILES string of the molecule is CSc1ncc(C(=O)N(C)CCOc2ccc(F)cc2)n1-c1ccccc1. The van der Waals surface area contributed by atoms with Gasteiger partial charge in [-0.2, -0.15) is 0 Å². The minimum Gasteiger partial charge on any atom is -0.492 e. The second-order valence-corrected chi connectivity index (χ2v) is 6.60. The van der Waals surface area contributed by atoms with Crippen molar-refractivity contribution in [1.29, 1.82) is 0 Å². The molecule has 0 unspecified atom stereocenters. The van der Waals surface area contributed by atoms with Crippen molar-refractivity contribution >= 4 is 17.7 Å². The number of rotatable bonds is 7. The molecule has 27 heavy (non-hydrogen) atoms. The first-order valence-electron chi connectivity index (χ1n) is 8.41. The molecule has 1 aromatic heterocycles. The molecule has 1 amide bonds. The summed E-state index contributed by atoms with van der Waals surface area (Å²) in [6.45, 7) is 0.702. The number of hydrogen-bond acceptors (Lipinski definition) is 4. The fourth-order valence-electron chi connectivity index (χ4n) is 2.58. The van der Waals surface area contributed by atoms with Gasteiger partial charge in [0.1, 0.15) is 23.9 Å². The van der Waals surface area contributed by atoms with Gasteiger partial charge < -0.3 is 9.64 Å². The monoisotopic (exact) mass is 385 g/mol. The van der Waals surface area contributed by atoms with Gasteiger partial charge in [0.15, 0.2) is 5.16 Å². The quantitative estimate of drug-likeness (QED) is 0.579. The molecule has 0 aliphatic rings. The molecular formula is C20H20FN3O2S. The third-order valence-electron chi connectivity index (χ3n) is 4.00. The number of para-hydroxylation sites is 1. The molecule has 0 aliphatic carbocycles. The summed E-state index contributed by atoms with van der Waals surface area (Å²) in [4.78, 5) is 18.9. The Balaban J connectivity index is 1.70. The van der Waals surface area contributed by atoms with Gasteiger partial charge in [-0.05, 0) is 42.7 Å². The molecule has 0 fully saturated rings. The molecule has 5 nitrogen and oxygen atoms in total. The Hall–Kier alpha value is -2.80. The van der Waals surface area contributed by atoms with Crippen LogP contribution in [-0.4, -0.2) is 46.8 Å². The largest absolute Gasteiger partial charge is 0.492 e. The predicted octanol–water partition coefficient (Wildman–Crippen LogP) is 3.88. The standard InChI is InChI=1S/C20H20FN3O2S/c1-23(12-13-26-17-10-8-15(21)9-11-17)19(25)18-14-22-20(27-2)24(18)16-6-4-3-5-7-16/h3-11,14H,12-13H2,1-2H3. The molecule has 0 N–H and O–H groups in total. The van der Waals surface area contributed by atoms with E-state index in [1.54, 1.807) is 30.3 Å². The number of amides is 1. The second-order valence-electron chi connectivity index (χ2n) is 5.83.